The van der Waals surface area contributed by atoms with Gasteiger partial charge in [0, 0.05) is 24.4 Å². The molecule has 21 heavy (non-hydrogen) atoms. The van der Waals surface area contributed by atoms with E-state index in [1.807, 2.05) is 6.92 Å². The van der Waals surface area contributed by atoms with E-state index >= 15 is 0 Å². The molecule has 1 aromatic carbocycles. The van der Waals surface area contributed by atoms with Crippen LogP contribution in [-0.2, 0) is 6.54 Å². The molecule has 5 heteroatoms. The molecule has 0 aliphatic carbocycles. The summed E-state index contributed by atoms with van der Waals surface area (Å²) in [4.78, 5) is 23.7. The fourth-order valence-corrected chi connectivity index (χ4v) is 2.01. The molecule has 0 aliphatic heterocycles. The van der Waals surface area contributed by atoms with Crippen molar-refractivity contribution >= 4 is 11.6 Å². The molecule has 110 valence electrons. The van der Waals surface area contributed by atoms with Crippen molar-refractivity contribution in [2.24, 2.45) is 0 Å². The Hall–Kier alpha value is -2.43. The van der Waals surface area contributed by atoms with E-state index in [1.54, 1.807) is 23.8 Å². The van der Waals surface area contributed by atoms with Crippen LogP contribution in [0.4, 0.5) is 10.1 Å². The first kappa shape index (κ1) is 15.0. The normalized spacial score (nSPS) is 10.4. The molecular formula is C16H17FN2O2. The highest BCUT2D eigenvalue weighted by atomic mass is 19.1. The maximum atomic E-state index is 13.2. The molecule has 0 fully saturated rings. The van der Waals surface area contributed by atoms with E-state index in [0.717, 1.165) is 6.42 Å². The molecule has 2 aromatic rings. The Bertz CT molecular complexity index is 722. The Labute approximate surface area is 122 Å². The third-order valence-corrected chi connectivity index (χ3v) is 3.13. The van der Waals surface area contributed by atoms with E-state index in [1.165, 1.54) is 24.3 Å². The van der Waals surface area contributed by atoms with Crippen molar-refractivity contribution in [2.75, 3.05) is 5.32 Å². The van der Waals surface area contributed by atoms with Crippen molar-refractivity contribution in [3.8, 4) is 0 Å². The molecule has 4 nitrogen and oxygen atoms in total. The van der Waals surface area contributed by atoms with Gasteiger partial charge >= 0.3 is 0 Å². The average molecular weight is 288 g/mol. The van der Waals surface area contributed by atoms with Gasteiger partial charge in [0.05, 0.1) is 5.69 Å². The maximum absolute atomic E-state index is 13.2. The van der Waals surface area contributed by atoms with Gasteiger partial charge in [-0.05, 0) is 43.2 Å². The largest absolute Gasteiger partial charge is 0.321 e. The van der Waals surface area contributed by atoms with Crippen molar-refractivity contribution in [1.82, 2.24) is 4.57 Å². The fourth-order valence-electron chi connectivity index (χ4n) is 2.01. The molecule has 0 bridgehead atoms. The molecule has 1 heterocycles. The first-order valence-corrected chi connectivity index (χ1v) is 6.79. The lowest BCUT2D eigenvalue weighted by atomic mass is 10.1. The maximum Gasteiger partial charge on any atom is 0.255 e. The van der Waals surface area contributed by atoms with Gasteiger partial charge in [-0.2, -0.15) is 0 Å². The van der Waals surface area contributed by atoms with Crippen LogP contribution in [0.3, 0.4) is 0 Å². The smallest absolute Gasteiger partial charge is 0.255 e. The third-order valence-electron chi connectivity index (χ3n) is 3.13. The van der Waals surface area contributed by atoms with Crippen LogP contribution in [0.25, 0.3) is 0 Å². The second kappa shape index (κ2) is 6.35. The zero-order valence-corrected chi connectivity index (χ0v) is 12.0. The Morgan fingerprint density at radius 3 is 2.71 bits per heavy atom. The number of anilines is 1. The van der Waals surface area contributed by atoms with Crippen molar-refractivity contribution < 1.29 is 9.18 Å². The summed E-state index contributed by atoms with van der Waals surface area (Å²) in [5.41, 5.74) is 1.23. The van der Waals surface area contributed by atoms with Gasteiger partial charge < -0.3 is 9.88 Å². The minimum atomic E-state index is -0.344. The van der Waals surface area contributed by atoms with Crippen LogP contribution in [0.5, 0.6) is 0 Å². The molecule has 0 radical (unpaired) electrons. The molecule has 0 spiro atoms. The summed E-state index contributed by atoms with van der Waals surface area (Å²) in [6.07, 6.45) is 2.44. The molecule has 1 amide bonds. The first-order chi connectivity index (χ1) is 10.0. The second-order valence-corrected chi connectivity index (χ2v) is 4.87. The molecule has 2 rings (SSSR count). The molecule has 1 aromatic heterocycles. The summed E-state index contributed by atoms with van der Waals surface area (Å²) in [6, 6.07) is 7.17. The Balaban J connectivity index is 2.21. The van der Waals surface area contributed by atoms with E-state index in [0.29, 0.717) is 23.4 Å². The number of halogens is 1. The molecule has 0 unspecified atom stereocenters. The van der Waals surface area contributed by atoms with Gasteiger partial charge in [0.25, 0.3) is 11.5 Å². The topological polar surface area (TPSA) is 51.1 Å². The monoisotopic (exact) mass is 288 g/mol. The molecule has 0 atom stereocenters. The Morgan fingerprint density at radius 2 is 2.05 bits per heavy atom. The summed E-state index contributed by atoms with van der Waals surface area (Å²) < 4.78 is 14.7. The van der Waals surface area contributed by atoms with Gasteiger partial charge in [-0.3, -0.25) is 9.59 Å². The van der Waals surface area contributed by atoms with Gasteiger partial charge in [0.1, 0.15) is 5.82 Å². The minimum Gasteiger partial charge on any atom is -0.321 e. The molecular weight excluding hydrogens is 271 g/mol. The summed E-state index contributed by atoms with van der Waals surface area (Å²) in [7, 11) is 0. The lowest BCUT2D eigenvalue weighted by Gasteiger charge is -2.09. The number of hydrogen-bond acceptors (Lipinski definition) is 2. The predicted molar refractivity (Wildman–Crippen MR) is 80.1 cm³/mol. The summed E-state index contributed by atoms with van der Waals surface area (Å²) in [5, 5.41) is 2.71. The zero-order valence-electron chi connectivity index (χ0n) is 12.0. The lowest BCUT2D eigenvalue weighted by molar-refractivity contribution is 0.102. The average Bonchev–Trinajstić information content (AvgIpc) is 2.45. The number of benzene rings is 1. The first-order valence-electron chi connectivity index (χ1n) is 6.79. The van der Waals surface area contributed by atoms with Crippen LogP contribution in [-0.4, -0.2) is 10.5 Å². The van der Waals surface area contributed by atoms with E-state index in [4.69, 9.17) is 0 Å². The van der Waals surface area contributed by atoms with Crippen LogP contribution in [0, 0.1) is 12.7 Å². The summed E-state index contributed by atoms with van der Waals surface area (Å²) in [5.74, 6) is -0.678. The summed E-state index contributed by atoms with van der Waals surface area (Å²) in [6.45, 7) is 4.17. The van der Waals surface area contributed by atoms with Crippen molar-refractivity contribution in [3.63, 3.8) is 0 Å². The minimum absolute atomic E-state index is 0.104. The van der Waals surface area contributed by atoms with Crippen molar-refractivity contribution in [1.29, 1.82) is 0 Å². The van der Waals surface area contributed by atoms with Crippen LogP contribution in [0.1, 0.15) is 29.3 Å². The zero-order chi connectivity index (χ0) is 15.4. The highest BCUT2D eigenvalue weighted by Gasteiger charge is 2.09. The number of aromatic nitrogens is 1. The quantitative estimate of drug-likeness (QED) is 0.940. The third kappa shape index (κ3) is 3.56. The van der Waals surface area contributed by atoms with Gasteiger partial charge in [0.2, 0.25) is 0 Å². The van der Waals surface area contributed by atoms with Crippen LogP contribution in [0.2, 0.25) is 0 Å². The second-order valence-electron chi connectivity index (χ2n) is 4.87. The number of nitrogens with one attached hydrogen (secondary N) is 1. The number of aryl methyl sites for hydroxylation is 2. The molecule has 0 aliphatic rings. The lowest BCUT2D eigenvalue weighted by Crippen LogP contribution is -2.20. The van der Waals surface area contributed by atoms with E-state index in [-0.39, 0.29) is 17.3 Å². The number of carbonyl (C=O) groups is 1. The number of nitrogens with zero attached hydrogens (tertiary/aromatic N) is 1. The SMILES string of the molecule is CCCn1cc(NC(=O)c2ccc(F)c(C)c2)ccc1=O. The fraction of sp³-hybridized carbons (Fsp3) is 0.250. The molecule has 0 saturated heterocycles. The molecule has 0 saturated carbocycles. The summed E-state index contributed by atoms with van der Waals surface area (Å²) >= 11 is 0. The van der Waals surface area contributed by atoms with Crippen LogP contribution < -0.4 is 10.9 Å². The van der Waals surface area contributed by atoms with E-state index in [2.05, 4.69) is 5.32 Å². The van der Waals surface area contributed by atoms with E-state index in [9.17, 15) is 14.0 Å². The number of hydrogen-bond donors (Lipinski definition) is 1. The Kier molecular flexibility index (Phi) is 4.52. The number of amides is 1. The van der Waals surface area contributed by atoms with Gasteiger partial charge in [-0.25, -0.2) is 4.39 Å². The van der Waals surface area contributed by atoms with Gasteiger partial charge in [0.15, 0.2) is 0 Å². The highest BCUT2D eigenvalue weighted by molar-refractivity contribution is 6.04. The highest BCUT2D eigenvalue weighted by Crippen LogP contribution is 2.12. The number of pyridine rings is 1. The molecule has 1 N–H and O–H groups in total. The number of rotatable bonds is 4. The van der Waals surface area contributed by atoms with Crippen LogP contribution in [0.15, 0.2) is 41.3 Å². The van der Waals surface area contributed by atoms with E-state index < -0.39 is 0 Å². The predicted octanol–water partition coefficient (Wildman–Crippen LogP) is 2.96. The van der Waals surface area contributed by atoms with Gasteiger partial charge in [-0.1, -0.05) is 6.92 Å². The standard InChI is InChI=1S/C16H17FN2O2/c1-3-8-19-10-13(5-7-15(19)20)18-16(21)12-4-6-14(17)11(2)9-12/h4-7,9-10H,3,8H2,1-2H3,(H,18,21). The Morgan fingerprint density at radius 1 is 1.29 bits per heavy atom. The van der Waals surface area contributed by atoms with Gasteiger partial charge in [-0.15, -0.1) is 0 Å². The van der Waals surface area contributed by atoms with Crippen molar-refractivity contribution in [2.45, 2.75) is 26.8 Å². The van der Waals surface area contributed by atoms with Crippen LogP contribution >= 0.6 is 0 Å². The van der Waals surface area contributed by atoms with Crippen molar-refractivity contribution in [3.05, 3.63) is 63.8 Å². The number of carbonyl (C=O) groups excluding carboxylic acids is 1.